The zero-order valence-corrected chi connectivity index (χ0v) is 17.1. The van der Waals surface area contributed by atoms with E-state index in [9.17, 15) is 4.79 Å². The average Bonchev–Trinajstić information content (AvgIpc) is 2.46. The van der Waals surface area contributed by atoms with Crippen molar-refractivity contribution in [3.8, 4) is 0 Å². The number of halogens is 2. The number of hydrogen-bond donors (Lipinski definition) is 0. The highest BCUT2D eigenvalue weighted by Gasteiger charge is 2.29. The average molecular weight is 370 g/mol. The van der Waals surface area contributed by atoms with E-state index in [0.717, 1.165) is 13.0 Å². The molecule has 0 radical (unpaired) electrons. The summed E-state index contributed by atoms with van der Waals surface area (Å²) < 4.78 is 5.96. The molecule has 0 aromatic rings. The maximum Gasteiger partial charge on any atom is 0.307 e. The Labute approximate surface area is 155 Å². The Kier molecular flexibility index (Phi) is 17.1. The quantitative estimate of drug-likeness (QED) is 0.154. The van der Waals surface area contributed by atoms with Gasteiger partial charge in [0.15, 0.2) is 0 Å². The Hall–Kier alpha value is 0.01000. The first-order valence-electron chi connectivity index (χ1n) is 9.00. The molecule has 3 nitrogen and oxygen atoms in total. The molecule has 140 valence electrons. The van der Waals surface area contributed by atoms with E-state index >= 15 is 0 Å². The Bertz CT molecular complexity index is 286. The van der Waals surface area contributed by atoms with E-state index in [1.54, 1.807) is 0 Å². The van der Waals surface area contributed by atoms with Crippen molar-refractivity contribution in [2.75, 3.05) is 26.5 Å². The van der Waals surface area contributed by atoms with Crippen molar-refractivity contribution in [2.45, 2.75) is 84.3 Å². The van der Waals surface area contributed by atoms with Crippen LogP contribution in [-0.2, 0) is 9.53 Å². The van der Waals surface area contributed by atoms with Gasteiger partial charge in [-0.1, -0.05) is 58.3 Å². The maximum atomic E-state index is 11.1. The van der Waals surface area contributed by atoms with E-state index < -0.39 is 0 Å². The molecule has 5 heteroatoms. The van der Waals surface area contributed by atoms with Crippen LogP contribution in [-0.4, -0.2) is 43.2 Å². The summed E-state index contributed by atoms with van der Waals surface area (Å²) in [6, 6.07) is 0. The third-order valence-corrected chi connectivity index (χ3v) is 4.57. The normalized spacial score (nSPS) is 12.6. The van der Waals surface area contributed by atoms with Crippen LogP contribution in [0.4, 0.5) is 0 Å². The van der Waals surface area contributed by atoms with Gasteiger partial charge in [-0.3, -0.25) is 9.28 Å². The second-order valence-corrected chi connectivity index (χ2v) is 7.21. The lowest BCUT2D eigenvalue weighted by atomic mass is 10.1. The van der Waals surface area contributed by atoms with Gasteiger partial charge >= 0.3 is 5.97 Å². The number of ether oxygens (including phenoxy) is 1. The zero-order chi connectivity index (χ0) is 16.8. The molecule has 0 aromatic heterocycles. The highest BCUT2D eigenvalue weighted by molar-refractivity contribution is 6.18. The Morgan fingerprint density at radius 3 is 1.78 bits per heavy atom. The number of rotatable bonds is 14. The predicted molar refractivity (Wildman–Crippen MR) is 95.1 cm³/mol. The number of carbonyl (C=O) groups excluding carboxylic acids is 1. The molecule has 0 saturated heterocycles. The molecule has 0 aliphatic carbocycles. The third-order valence-electron chi connectivity index (χ3n) is 4.30. The molecule has 1 atom stereocenters. The first kappa shape index (κ1) is 25.3. The molecule has 0 aliphatic heterocycles. The van der Waals surface area contributed by atoms with E-state index in [0.29, 0.717) is 10.4 Å². The first-order chi connectivity index (χ1) is 10.4. The van der Waals surface area contributed by atoms with Crippen LogP contribution in [0.3, 0.4) is 0 Å². The highest BCUT2D eigenvalue weighted by atomic mass is 35.5. The van der Waals surface area contributed by atoms with Crippen molar-refractivity contribution in [1.82, 2.24) is 0 Å². The number of unbranched alkanes of at least 4 members (excludes halogenated alkanes) is 9. The number of nitrogens with zero attached hydrogens (tertiary/aromatic N) is 1. The monoisotopic (exact) mass is 369 g/mol. The van der Waals surface area contributed by atoms with Crippen LogP contribution in [0, 0.1) is 0 Å². The Morgan fingerprint density at radius 2 is 1.39 bits per heavy atom. The predicted octanol–water partition coefficient (Wildman–Crippen LogP) is 2.12. The fraction of sp³-hybridized carbons (Fsp3) is 0.944. The summed E-state index contributed by atoms with van der Waals surface area (Å²) >= 11 is 5.94. The molecule has 0 amide bonds. The van der Waals surface area contributed by atoms with Crippen LogP contribution in [0.5, 0.6) is 0 Å². The molecule has 23 heavy (non-hydrogen) atoms. The van der Waals surface area contributed by atoms with Crippen molar-refractivity contribution in [3.63, 3.8) is 0 Å². The summed E-state index contributed by atoms with van der Waals surface area (Å²) in [6.45, 7) is 4.71. The van der Waals surface area contributed by atoms with Crippen LogP contribution < -0.4 is 12.4 Å². The number of quaternary nitrogens is 1. The second-order valence-electron chi connectivity index (χ2n) is 6.90. The van der Waals surface area contributed by atoms with Crippen molar-refractivity contribution in [1.29, 1.82) is 0 Å². The van der Waals surface area contributed by atoms with Crippen molar-refractivity contribution in [3.05, 3.63) is 0 Å². The zero-order valence-electron chi connectivity index (χ0n) is 15.6. The van der Waals surface area contributed by atoms with E-state index in [1.807, 2.05) is 0 Å². The van der Waals surface area contributed by atoms with Gasteiger partial charge in [-0.05, 0) is 12.8 Å². The fourth-order valence-corrected chi connectivity index (χ4v) is 3.14. The van der Waals surface area contributed by atoms with Crippen LogP contribution in [0.25, 0.3) is 0 Å². The highest BCUT2D eigenvalue weighted by Crippen LogP contribution is 2.15. The number of carbonyl (C=O) groups is 1. The molecular weight excluding hydrogens is 333 g/mol. The van der Waals surface area contributed by atoms with Gasteiger partial charge in [-0.25, -0.2) is 0 Å². The summed E-state index contributed by atoms with van der Waals surface area (Å²) in [5.41, 5.74) is 0. The van der Waals surface area contributed by atoms with Gasteiger partial charge in [-0.15, -0.1) is 11.6 Å². The van der Waals surface area contributed by atoms with Gasteiger partial charge in [0.25, 0.3) is 0 Å². The Morgan fingerprint density at radius 1 is 0.957 bits per heavy atom. The minimum atomic E-state index is -0.250. The first-order valence-corrected chi connectivity index (χ1v) is 9.53. The van der Waals surface area contributed by atoms with Gasteiger partial charge in [0.1, 0.15) is 5.88 Å². The molecule has 0 saturated carbocycles. The minimum absolute atomic E-state index is 0. The maximum absolute atomic E-state index is 11.1. The van der Waals surface area contributed by atoms with Crippen LogP contribution in [0.2, 0.25) is 0 Å². The van der Waals surface area contributed by atoms with Crippen LogP contribution in [0.15, 0.2) is 0 Å². The molecule has 0 bridgehead atoms. The largest absolute Gasteiger partial charge is 1.00 e. The smallest absolute Gasteiger partial charge is 0.307 e. The molecule has 1 unspecified atom stereocenters. The minimum Gasteiger partial charge on any atom is -1.00 e. The van der Waals surface area contributed by atoms with Gasteiger partial charge in [0.05, 0.1) is 20.6 Å². The van der Waals surface area contributed by atoms with Crippen molar-refractivity contribution < 1.29 is 26.4 Å². The molecule has 0 rings (SSSR count). The SMILES string of the molecule is CCCCCCCCCCCC[N+](C)(C)C(CCl)OC(C)=O.[Cl-]. The lowest BCUT2D eigenvalue weighted by molar-refractivity contribution is -0.932. The molecule has 0 aliphatic rings. The molecule has 0 spiro atoms. The van der Waals surface area contributed by atoms with Gasteiger partial charge in [0, 0.05) is 6.92 Å². The second kappa shape index (κ2) is 15.5. The van der Waals surface area contributed by atoms with Gasteiger partial charge in [-0.2, -0.15) is 0 Å². The van der Waals surface area contributed by atoms with Gasteiger partial charge in [0.2, 0.25) is 6.23 Å². The molecule has 0 fully saturated rings. The number of esters is 1. The fourth-order valence-electron chi connectivity index (χ4n) is 2.70. The standard InChI is InChI=1S/C18H37ClNO2.ClH/c1-5-6-7-8-9-10-11-12-13-14-15-20(3,4)18(16-19)22-17(2)21;/h18H,5-16H2,1-4H3;1H/q+1;/p-1. The lowest BCUT2D eigenvalue weighted by Crippen LogP contribution is -3.00. The van der Waals surface area contributed by atoms with E-state index in [1.165, 1.54) is 64.7 Å². The summed E-state index contributed by atoms with van der Waals surface area (Å²) in [5, 5.41) is 0. The molecule has 0 aromatic carbocycles. The summed E-state index contributed by atoms with van der Waals surface area (Å²) in [5.74, 6) is 0.101. The summed E-state index contributed by atoms with van der Waals surface area (Å²) in [4.78, 5) is 11.1. The van der Waals surface area contributed by atoms with Crippen molar-refractivity contribution in [2.24, 2.45) is 0 Å². The van der Waals surface area contributed by atoms with Crippen LogP contribution >= 0.6 is 11.6 Å². The topological polar surface area (TPSA) is 26.3 Å². The molecular formula is C18H37Cl2NO2. The number of alkyl halides is 1. The van der Waals surface area contributed by atoms with E-state index in [4.69, 9.17) is 16.3 Å². The van der Waals surface area contributed by atoms with E-state index in [2.05, 4.69) is 21.0 Å². The summed E-state index contributed by atoms with van der Waals surface area (Å²) in [6.07, 6.45) is 13.1. The van der Waals surface area contributed by atoms with Gasteiger partial charge < -0.3 is 17.1 Å². The van der Waals surface area contributed by atoms with E-state index in [-0.39, 0.29) is 24.6 Å². The molecule has 0 heterocycles. The van der Waals surface area contributed by atoms with Crippen molar-refractivity contribution >= 4 is 17.6 Å². The third kappa shape index (κ3) is 14.1. The molecule has 0 N–H and O–H groups in total. The Balaban J connectivity index is 0. The summed E-state index contributed by atoms with van der Waals surface area (Å²) in [7, 11) is 4.17. The number of hydrogen-bond acceptors (Lipinski definition) is 2. The van der Waals surface area contributed by atoms with Crippen LogP contribution in [0.1, 0.15) is 78.1 Å². The lowest BCUT2D eigenvalue weighted by Gasteiger charge is -2.35.